The van der Waals surface area contributed by atoms with Crippen molar-refractivity contribution in [3.05, 3.63) is 96.4 Å². The fourth-order valence-electron chi connectivity index (χ4n) is 2.89. The fourth-order valence-corrected chi connectivity index (χ4v) is 2.89. The number of aromatic nitrogens is 1. The fraction of sp³-hybridized carbons (Fsp3) is 0.0833. The Bertz CT molecular complexity index is 1120. The standard InChI is InChI=1S/C24H20N2O4/c1-28-20-13-11-17(12-14-20)24-26-19(16-30-24)15-29-22-10-6-5-9-21(22)23(27)25-18-7-3-2-4-8-18/h2-14,16H,15H2,1H3,(H,25,27). The lowest BCUT2D eigenvalue weighted by Crippen LogP contribution is -2.13. The molecule has 0 bridgehead atoms. The van der Waals surface area contributed by atoms with E-state index in [1.165, 1.54) is 0 Å². The molecule has 0 saturated heterocycles. The van der Waals surface area contributed by atoms with Crippen molar-refractivity contribution in [2.45, 2.75) is 6.61 Å². The van der Waals surface area contributed by atoms with Gasteiger partial charge in [0.05, 0.1) is 12.7 Å². The van der Waals surface area contributed by atoms with Gasteiger partial charge in [-0.05, 0) is 48.5 Å². The molecule has 0 radical (unpaired) electrons. The van der Waals surface area contributed by atoms with E-state index in [0.29, 0.717) is 22.9 Å². The summed E-state index contributed by atoms with van der Waals surface area (Å²) in [7, 11) is 1.62. The molecule has 1 amide bonds. The molecule has 1 heterocycles. The molecular formula is C24H20N2O4. The van der Waals surface area contributed by atoms with Gasteiger partial charge in [0.2, 0.25) is 5.89 Å². The van der Waals surface area contributed by atoms with E-state index in [0.717, 1.165) is 17.0 Å². The number of ether oxygens (including phenoxy) is 2. The average Bonchev–Trinajstić information content (AvgIpc) is 3.28. The van der Waals surface area contributed by atoms with Crippen molar-refractivity contribution in [2.75, 3.05) is 12.4 Å². The number of anilines is 1. The van der Waals surface area contributed by atoms with E-state index in [1.807, 2.05) is 60.7 Å². The van der Waals surface area contributed by atoms with E-state index in [4.69, 9.17) is 13.9 Å². The third-order valence-corrected chi connectivity index (χ3v) is 4.43. The Kier molecular flexibility index (Phi) is 5.75. The first-order valence-corrected chi connectivity index (χ1v) is 9.40. The Balaban J connectivity index is 1.44. The largest absolute Gasteiger partial charge is 0.497 e. The molecule has 1 N–H and O–H groups in total. The molecule has 4 aromatic rings. The van der Waals surface area contributed by atoms with Gasteiger partial charge < -0.3 is 19.2 Å². The molecule has 0 spiro atoms. The molecule has 0 fully saturated rings. The summed E-state index contributed by atoms with van der Waals surface area (Å²) in [6, 6.07) is 23.8. The molecule has 0 unspecified atom stereocenters. The SMILES string of the molecule is COc1ccc(-c2nc(COc3ccccc3C(=O)Nc3ccccc3)co2)cc1. The second kappa shape index (κ2) is 8.96. The summed E-state index contributed by atoms with van der Waals surface area (Å²) in [5, 5.41) is 2.87. The number of nitrogens with zero attached hydrogens (tertiary/aromatic N) is 1. The third kappa shape index (κ3) is 4.50. The van der Waals surface area contributed by atoms with E-state index < -0.39 is 0 Å². The summed E-state index contributed by atoms with van der Waals surface area (Å²) in [4.78, 5) is 17.1. The predicted octanol–water partition coefficient (Wildman–Crippen LogP) is 5.18. The summed E-state index contributed by atoms with van der Waals surface area (Å²) in [5.74, 6) is 1.49. The quantitative estimate of drug-likeness (QED) is 0.463. The maximum atomic E-state index is 12.7. The van der Waals surface area contributed by atoms with Gasteiger partial charge in [0.25, 0.3) is 5.91 Å². The summed E-state index contributed by atoms with van der Waals surface area (Å²) < 4.78 is 16.6. The van der Waals surface area contributed by atoms with Crippen molar-refractivity contribution in [1.82, 2.24) is 4.98 Å². The number of carbonyl (C=O) groups excluding carboxylic acids is 1. The Morgan fingerprint density at radius 1 is 0.967 bits per heavy atom. The molecule has 4 rings (SSSR count). The highest BCUT2D eigenvalue weighted by atomic mass is 16.5. The zero-order valence-corrected chi connectivity index (χ0v) is 16.4. The first-order chi connectivity index (χ1) is 14.7. The molecule has 0 saturated carbocycles. The number of oxazole rings is 1. The molecular weight excluding hydrogens is 380 g/mol. The van der Waals surface area contributed by atoms with Gasteiger partial charge in [-0.15, -0.1) is 0 Å². The highest BCUT2D eigenvalue weighted by Crippen LogP contribution is 2.24. The molecule has 0 aliphatic carbocycles. The van der Waals surface area contributed by atoms with Crippen LogP contribution >= 0.6 is 0 Å². The second-order valence-corrected chi connectivity index (χ2v) is 6.48. The molecule has 0 aliphatic heterocycles. The number of amides is 1. The molecule has 0 aliphatic rings. The highest BCUT2D eigenvalue weighted by Gasteiger charge is 2.14. The van der Waals surface area contributed by atoms with Gasteiger partial charge in [-0.25, -0.2) is 4.98 Å². The van der Waals surface area contributed by atoms with E-state index in [9.17, 15) is 4.79 Å². The maximum absolute atomic E-state index is 12.7. The van der Waals surface area contributed by atoms with Crippen LogP contribution in [-0.4, -0.2) is 18.0 Å². The topological polar surface area (TPSA) is 73.6 Å². The Labute approximate surface area is 174 Å². The van der Waals surface area contributed by atoms with Crippen molar-refractivity contribution in [3.8, 4) is 23.0 Å². The van der Waals surface area contributed by atoms with E-state index in [1.54, 1.807) is 31.6 Å². The minimum absolute atomic E-state index is 0.176. The van der Waals surface area contributed by atoms with Crippen molar-refractivity contribution >= 4 is 11.6 Å². The summed E-state index contributed by atoms with van der Waals surface area (Å²) >= 11 is 0. The van der Waals surface area contributed by atoms with Crippen LogP contribution in [0.5, 0.6) is 11.5 Å². The lowest BCUT2D eigenvalue weighted by Gasteiger charge is -2.11. The van der Waals surface area contributed by atoms with Gasteiger partial charge in [0, 0.05) is 11.3 Å². The van der Waals surface area contributed by atoms with Gasteiger partial charge in [-0.2, -0.15) is 0 Å². The van der Waals surface area contributed by atoms with Crippen LogP contribution in [0.3, 0.4) is 0 Å². The van der Waals surface area contributed by atoms with Crippen molar-refractivity contribution in [3.63, 3.8) is 0 Å². The minimum atomic E-state index is -0.240. The average molecular weight is 400 g/mol. The van der Waals surface area contributed by atoms with Gasteiger partial charge in [0.1, 0.15) is 30.1 Å². The van der Waals surface area contributed by atoms with Crippen LogP contribution in [0.4, 0.5) is 5.69 Å². The molecule has 6 nitrogen and oxygen atoms in total. The van der Waals surface area contributed by atoms with Crippen LogP contribution in [0.25, 0.3) is 11.5 Å². The zero-order chi connectivity index (χ0) is 20.8. The van der Waals surface area contributed by atoms with Crippen LogP contribution < -0.4 is 14.8 Å². The number of methoxy groups -OCH3 is 1. The smallest absolute Gasteiger partial charge is 0.259 e. The summed E-state index contributed by atoms with van der Waals surface area (Å²) in [6.45, 7) is 0.176. The number of hydrogen-bond donors (Lipinski definition) is 1. The van der Waals surface area contributed by atoms with Crippen LogP contribution in [0.15, 0.2) is 89.5 Å². The van der Waals surface area contributed by atoms with Gasteiger partial charge in [-0.3, -0.25) is 4.79 Å². The molecule has 1 aromatic heterocycles. The van der Waals surface area contributed by atoms with Crippen molar-refractivity contribution in [2.24, 2.45) is 0 Å². The van der Waals surface area contributed by atoms with Crippen LogP contribution in [0, 0.1) is 0 Å². The monoisotopic (exact) mass is 400 g/mol. The lowest BCUT2D eigenvalue weighted by atomic mass is 10.2. The molecule has 30 heavy (non-hydrogen) atoms. The van der Waals surface area contributed by atoms with Gasteiger partial charge >= 0.3 is 0 Å². The molecule has 3 aromatic carbocycles. The maximum Gasteiger partial charge on any atom is 0.259 e. The Morgan fingerprint density at radius 2 is 1.70 bits per heavy atom. The summed E-state index contributed by atoms with van der Waals surface area (Å²) in [5.41, 5.74) is 2.63. The third-order valence-electron chi connectivity index (χ3n) is 4.43. The minimum Gasteiger partial charge on any atom is -0.497 e. The predicted molar refractivity (Wildman–Crippen MR) is 114 cm³/mol. The summed E-state index contributed by atoms with van der Waals surface area (Å²) in [6.07, 6.45) is 1.55. The van der Waals surface area contributed by atoms with Crippen molar-refractivity contribution < 1.29 is 18.7 Å². The second-order valence-electron chi connectivity index (χ2n) is 6.48. The van der Waals surface area contributed by atoms with Crippen molar-refractivity contribution in [1.29, 1.82) is 0 Å². The van der Waals surface area contributed by atoms with Gasteiger partial charge in [0.15, 0.2) is 0 Å². The first kappa shape index (κ1) is 19.3. The number of rotatable bonds is 7. The molecule has 150 valence electrons. The zero-order valence-electron chi connectivity index (χ0n) is 16.4. The lowest BCUT2D eigenvalue weighted by molar-refractivity contribution is 0.102. The van der Waals surface area contributed by atoms with Crippen LogP contribution in [0.2, 0.25) is 0 Å². The van der Waals surface area contributed by atoms with E-state index in [-0.39, 0.29) is 12.5 Å². The van der Waals surface area contributed by atoms with E-state index in [2.05, 4.69) is 10.3 Å². The number of hydrogen-bond acceptors (Lipinski definition) is 5. The number of carbonyl (C=O) groups is 1. The van der Waals surface area contributed by atoms with Crippen LogP contribution in [-0.2, 0) is 6.61 Å². The number of nitrogens with one attached hydrogen (secondary N) is 1. The highest BCUT2D eigenvalue weighted by molar-refractivity contribution is 6.06. The number of benzene rings is 3. The number of para-hydroxylation sites is 2. The molecule has 0 atom stereocenters. The normalized spacial score (nSPS) is 10.4. The van der Waals surface area contributed by atoms with Crippen LogP contribution in [0.1, 0.15) is 16.1 Å². The Morgan fingerprint density at radius 3 is 2.47 bits per heavy atom. The molecule has 6 heteroatoms. The Hall–Kier alpha value is -4.06. The van der Waals surface area contributed by atoms with E-state index >= 15 is 0 Å². The first-order valence-electron chi connectivity index (χ1n) is 9.40. The van der Waals surface area contributed by atoms with Gasteiger partial charge in [-0.1, -0.05) is 30.3 Å².